The molecule has 0 radical (unpaired) electrons. The normalized spacial score (nSPS) is 11.2. The number of aryl methyl sites for hydroxylation is 1. The summed E-state index contributed by atoms with van der Waals surface area (Å²) < 4.78 is 7.38. The fourth-order valence-corrected chi connectivity index (χ4v) is 3.93. The Balaban J connectivity index is 1.64. The van der Waals surface area contributed by atoms with Crippen LogP contribution in [0.2, 0.25) is 9.36 Å². The minimum Gasteiger partial charge on any atom is -0.454 e. The Morgan fingerprint density at radius 2 is 1.93 bits per heavy atom. The first-order valence-electron chi connectivity index (χ1n) is 8.76. The van der Waals surface area contributed by atoms with E-state index in [0.29, 0.717) is 20.8 Å². The van der Waals surface area contributed by atoms with E-state index < -0.39 is 5.97 Å². The number of carbonyl (C=O) groups is 2. The highest BCUT2D eigenvalue weighted by atomic mass is 35.5. The predicted octanol–water partition coefficient (Wildman–Crippen LogP) is 5.36. The largest absolute Gasteiger partial charge is 0.454 e. The van der Waals surface area contributed by atoms with E-state index in [9.17, 15) is 9.59 Å². The first-order valence-corrected chi connectivity index (χ1v) is 10.3. The van der Waals surface area contributed by atoms with E-state index >= 15 is 0 Å². The lowest BCUT2D eigenvalue weighted by atomic mass is 10.1. The summed E-state index contributed by atoms with van der Waals surface area (Å²) in [5.74, 6) is -0.887. The van der Waals surface area contributed by atoms with Gasteiger partial charge >= 0.3 is 5.97 Å². The molecular weight excluding hydrogens is 431 g/mol. The molecule has 2 aromatic heterocycles. The predicted molar refractivity (Wildman–Crippen MR) is 116 cm³/mol. The molecule has 0 saturated heterocycles. The summed E-state index contributed by atoms with van der Waals surface area (Å²) in [6.07, 6.45) is 2.95. The monoisotopic (exact) mass is 448 g/mol. The lowest BCUT2D eigenvalue weighted by Crippen LogP contribution is -2.11. The Labute approximate surface area is 182 Å². The van der Waals surface area contributed by atoms with E-state index in [2.05, 4.69) is 5.10 Å². The van der Waals surface area contributed by atoms with Crippen LogP contribution in [0.15, 0.2) is 42.5 Å². The first kappa shape index (κ1) is 21.3. The van der Waals surface area contributed by atoms with E-state index in [1.165, 1.54) is 6.08 Å². The average Bonchev–Trinajstić information content (AvgIpc) is 3.23. The summed E-state index contributed by atoms with van der Waals surface area (Å²) in [5, 5.41) is 5.21. The van der Waals surface area contributed by atoms with Crippen molar-refractivity contribution in [2.45, 2.75) is 20.4 Å². The van der Waals surface area contributed by atoms with Gasteiger partial charge in [0.15, 0.2) is 6.61 Å². The SMILES string of the molecule is Cc1nn(Cc2ccccc2Cl)c(C)c1/C=C/C(=O)OCC(=O)c1ccc(Cl)s1. The third kappa shape index (κ3) is 5.35. The minimum absolute atomic E-state index is 0.288. The maximum atomic E-state index is 12.0. The van der Waals surface area contributed by atoms with Crippen molar-refractivity contribution in [2.75, 3.05) is 6.61 Å². The molecule has 29 heavy (non-hydrogen) atoms. The zero-order valence-electron chi connectivity index (χ0n) is 15.8. The van der Waals surface area contributed by atoms with Crippen molar-refractivity contribution in [3.8, 4) is 0 Å². The van der Waals surface area contributed by atoms with Gasteiger partial charge in [-0.1, -0.05) is 41.4 Å². The zero-order chi connectivity index (χ0) is 21.0. The number of hydrogen-bond donors (Lipinski definition) is 0. The van der Waals surface area contributed by atoms with Crippen LogP contribution in [-0.4, -0.2) is 28.1 Å². The van der Waals surface area contributed by atoms with Crippen LogP contribution in [0.25, 0.3) is 6.08 Å². The Kier molecular flexibility index (Phi) is 6.90. The number of hydrogen-bond acceptors (Lipinski definition) is 5. The van der Waals surface area contributed by atoms with Crippen LogP contribution in [0.5, 0.6) is 0 Å². The number of ketones is 1. The second-order valence-electron chi connectivity index (χ2n) is 6.30. The van der Waals surface area contributed by atoms with Crippen molar-refractivity contribution in [1.29, 1.82) is 0 Å². The van der Waals surface area contributed by atoms with Crippen molar-refractivity contribution in [3.63, 3.8) is 0 Å². The molecule has 5 nitrogen and oxygen atoms in total. The van der Waals surface area contributed by atoms with Crippen LogP contribution in [0.4, 0.5) is 0 Å². The van der Waals surface area contributed by atoms with E-state index in [-0.39, 0.29) is 12.4 Å². The van der Waals surface area contributed by atoms with Gasteiger partial charge in [0.25, 0.3) is 0 Å². The summed E-state index contributed by atoms with van der Waals surface area (Å²) in [5.41, 5.74) is 3.46. The van der Waals surface area contributed by atoms with Crippen LogP contribution in [0, 0.1) is 13.8 Å². The molecule has 0 spiro atoms. The lowest BCUT2D eigenvalue weighted by Gasteiger charge is -2.06. The van der Waals surface area contributed by atoms with Crippen LogP contribution in [-0.2, 0) is 16.1 Å². The zero-order valence-corrected chi connectivity index (χ0v) is 18.1. The summed E-state index contributed by atoms with van der Waals surface area (Å²) in [6.45, 7) is 3.99. The van der Waals surface area contributed by atoms with Gasteiger partial charge in [0.05, 0.1) is 21.5 Å². The molecule has 0 aliphatic carbocycles. The molecule has 3 rings (SSSR count). The molecule has 0 atom stereocenters. The number of thiophene rings is 1. The van der Waals surface area contributed by atoms with Crippen LogP contribution >= 0.6 is 34.5 Å². The van der Waals surface area contributed by atoms with Crippen LogP contribution in [0.3, 0.4) is 0 Å². The third-order valence-electron chi connectivity index (χ3n) is 4.30. The number of carbonyl (C=O) groups excluding carboxylic acids is 2. The Morgan fingerprint density at radius 1 is 1.17 bits per heavy atom. The average molecular weight is 449 g/mol. The van der Waals surface area contributed by atoms with Gasteiger partial charge in [-0.2, -0.15) is 5.10 Å². The standard InChI is InChI=1S/C21H18Cl2N2O3S/c1-13-16(14(2)25(24-13)11-15-5-3-4-6-17(15)22)7-10-21(27)28-12-18(26)19-8-9-20(23)29-19/h3-10H,11-12H2,1-2H3/b10-7+. The molecule has 0 aliphatic heterocycles. The minimum atomic E-state index is -0.598. The summed E-state index contributed by atoms with van der Waals surface area (Å²) in [4.78, 5) is 24.4. The van der Waals surface area contributed by atoms with Gasteiger partial charge < -0.3 is 4.74 Å². The Morgan fingerprint density at radius 3 is 2.62 bits per heavy atom. The van der Waals surface area contributed by atoms with Crippen LogP contribution in [0.1, 0.15) is 32.2 Å². The fourth-order valence-electron chi connectivity index (χ4n) is 2.77. The molecule has 0 bridgehead atoms. The quantitative estimate of drug-likeness (QED) is 0.277. The molecule has 0 amide bonds. The topological polar surface area (TPSA) is 61.2 Å². The molecule has 0 unspecified atom stereocenters. The Hall–Kier alpha value is -2.41. The van der Waals surface area contributed by atoms with Crippen molar-refractivity contribution in [1.82, 2.24) is 9.78 Å². The highest BCUT2D eigenvalue weighted by molar-refractivity contribution is 7.18. The maximum absolute atomic E-state index is 12.0. The van der Waals surface area contributed by atoms with Crippen molar-refractivity contribution >= 4 is 52.4 Å². The van der Waals surface area contributed by atoms with E-state index in [4.69, 9.17) is 27.9 Å². The first-order chi connectivity index (χ1) is 13.8. The second kappa shape index (κ2) is 9.39. The number of rotatable bonds is 7. The molecule has 2 heterocycles. The van der Waals surface area contributed by atoms with Gasteiger partial charge in [0.1, 0.15) is 0 Å². The number of halogens is 2. The molecule has 0 aliphatic rings. The van der Waals surface area contributed by atoms with Crippen molar-refractivity contribution < 1.29 is 14.3 Å². The van der Waals surface area contributed by atoms with Gasteiger partial charge in [0, 0.05) is 22.4 Å². The van der Waals surface area contributed by atoms with Gasteiger partial charge in [-0.15, -0.1) is 11.3 Å². The van der Waals surface area contributed by atoms with Gasteiger partial charge in [-0.05, 0) is 43.7 Å². The maximum Gasteiger partial charge on any atom is 0.331 e. The van der Waals surface area contributed by atoms with E-state index in [0.717, 1.165) is 33.9 Å². The number of nitrogens with zero attached hydrogens (tertiary/aromatic N) is 2. The van der Waals surface area contributed by atoms with Gasteiger partial charge in [0.2, 0.25) is 5.78 Å². The van der Waals surface area contributed by atoms with E-state index in [1.54, 1.807) is 18.2 Å². The van der Waals surface area contributed by atoms with Gasteiger partial charge in [-0.3, -0.25) is 9.48 Å². The molecule has 8 heteroatoms. The van der Waals surface area contributed by atoms with Crippen molar-refractivity contribution in [3.05, 3.63) is 79.2 Å². The number of ether oxygens (including phenoxy) is 1. The number of aromatic nitrogens is 2. The lowest BCUT2D eigenvalue weighted by molar-refractivity contribution is -0.136. The third-order valence-corrected chi connectivity index (χ3v) is 5.94. The smallest absolute Gasteiger partial charge is 0.331 e. The fraction of sp³-hybridized carbons (Fsp3) is 0.190. The molecule has 0 N–H and O–H groups in total. The second-order valence-corrected chi connectivity index (χ2v) is 8.42. The highest BCUT2D eigenvalue weighted by Crippen LogP contribution is 2.22. The Bertz CT molecular complexity index is 1090. The molecule has 0 saturated carbocycles. The van der Waals surface area contributed by atoms with Gasteiger partial charge in [-0.25, -0.2) is 4.79 Å². The molecule has 150 valence electrons. The summed E-state index contributed by atoms with van der Waals surface area (Å²) in [7, 11) is 0. The summed E-state index contributed by atoms with van der Waals surface area (Å²) in [6, 6.07) is 10.8. The van der Waals surface area contributed by atoms with Crippen LogP contribution < -0.4 is 0 Å². The molecule has 3 aromatic rings. The number of esters is 1. The number of benzene rings is 1. The van der Waals surface area contributed by atoms with E-state index in [1.807, 2.05) is 42.8 Å². The summed E-state index contributed by atoms with van der Waals surface area (Å²) >= 11 is 13.2. The molecule has 0 fully saturated rings. The molecule has 1 aromatic carbocycles. The van der Waals surface area contributed by atoms with Crippen molar-refractivity contribution in [2.24, 2.45) is 0 Å². The molecular formula is C21H18Cl2N2O3S. The number of Topliss-reactive ketones (excluding diaryl/α,β-unsaturated/α-hetero) is 1. The highest BCUT2D eigenvalue weighted by Gasteiger charge is 2.13.